The Labute approximate surface area is 170 Å². The predicted octanol–water partition coefficient (Wildman–Crippen LogP) is 6.20. The molecule has 0 N–H and O–H groups in total. The lowest BCUT2D eigenvalue weighted by Crippen LogP contribution is -2.18. The number of ether oxygens (including phenoxy) is 1. The maximum Gasteiger partial charge on any atom is 0.118 e. The lowest BCUT2D eigenvalue weighted by molar-refractivity contribution is 0.414. The van der Waals surface area contributed by atoms with Crippen LogP contribution in [0.4, 0.5) is 5.69 Å². The largest absolute Gasteiger partial charge is 0.497 e. The molecule has 1 atom stereocenters. The van der Waals surface area contributed by atoms with Gasteiger partial charge in [-0.05, 0) is 34.7 Å². The second-order valence-electron chi connectivity index (χ2n) is 7.25. The topological polar surface area (TPSA) is 24.8 Å². The first-order chi connectivity index (χ1) is 14.3. The number of benzene rings is 4. The molecule has 0 aliphatic carbocycles. The number of methoxy groups -OCH3 is 1. The molecule has 0 saturated carbocycles. The number of hydrazone groups is 1. The van der Waals surface area contributed by atoms with Gasteiger partial charge in [-0.2, -0.15) is 5.10 Å². The number of hydrogen-bond acceptors (Lipinski definition) is 3. The average molecular weight is 378 g/mol. The fraction of sp³-hybridized carbons (Fsp3) is 0.115. The fourth-order valence-electron chi connectivity index (χ4n) is 4.03. The van der Waals surface area contributed by atoms with Crippen LogP contribution in [0.3, 0.4) is 0 Å². The van der Waals surface area contributed by atoms with Gasteiger partial charge in [-0.1, -0.05) is 78.9 Å². The van der Waals surface area contributed by atoms with Crippen LogP contribution < -0.4 is 9.75 Å². The third kappa shape index (κ3) is 3.25. The molecule has 1 aliphatic heterocycles. The molecule has 142 valence electrons. The van der Waals surface area contributed by atoms with Crippen LogP contribution in [0.1, 0.15) is 23.6 Å². The average Bonchev–Trinajstić information content (AvgIpc) is 3.24. The highest BCUT2D eigenvalue weighted by Gasteiger charge is 2.30. The second-order valence-corrected chi connectivity index (χ2v) is 7.25. The lowest BCUT2D eigenvalue weighted by Gasteiger charge is -2.25. The van der Waals surface area contributed by atoms with Crippen LogP contribution in [0.25, 0.3) is 10.8 Å². The summed E-state index contributed by atoms with van der Waals surface area (Å²) in [6.07, 6.45) is 0.861. The highest BCUT2D eigenvalue weighted by molar-refractivity contribution is 6.04. The first-order valence-corrected chi connectivity index (χ1v) is 9.87. The molecule has 29 heavy (non-hydrogen) atoms. The van der Waals surface area contributed by atoms with Gasteiger partial charge >= 0.3 is 0 Å². The molecule has 0 radical (unpaired) electrons. The Hall–Kier alpha value is -3.59. The Balaban J connectivity index is 1.63. The van der Waals surface area contributed by atoms with Crippen molar-refractivity contribution in [2.24, 2.45) is 5.10 Å². The smallest absolute Gasteiger partial charge is 0.118 e. The molecule has 0 spiro atoms. The Morgan fingerprint density at radius 1 is 0.793 bits per heavy atom. The van der Waals surface area contributed by atoms with E-state index >= 15 is 0 Å². The van der Waals surface area contributed by atoms with E-state index in [1.165, 1.54) is 21.9 Å². The van der Waals surface area contributed by atoms with Crippen LogP contribution >= 0.6 is 0 Å². The third-order valence-electron chi connectivity index (χ3n) is 5.53. The Kier molecular flexibility index (Phi) is 4.49. The summed E-state index contributed by atoms with van der Waals surface area (Å²) in [6.45, 7) is 0. The van der Waals surface area contributed by atoms with Crippen LogP contribution in [0.2, 0.25) is 0 Å². The van der Waals surface area contributed by atoms with E-state index in [-0.39, 0.29) is 6.04 Å². The minimum Gasteiger partial charge on any atom is -0.497 e. The monoisotopic (exact) mass is 378 g/mol. The number of rotatable bonds is 4. The Morgan fingerprint density at radius 3 is 2.31 bits per heavy atom. The number of fused-ring (bicyclic) bond motifs is 1. The van der Waals surface area contributed by atoms with Crippen LogP contribution in [0.5, 0.6) is 5.75 Å². The minimum absolute atomic E-state index is 0.141. The zero-order valence-corrected chi connectivity index (χ0v) is 16.3. The van der Waals surface area contributed by atoms with E-state index in [4.69, 9.17) is 9.84 Å². The summed E-state index contributed by atoms with van der Waals surface area (Å²) in [7, 11) is 1.70. The molecule has 0 saturated heterocycles. The van der Waals surface area contributed by atoms with E-state index in [1.54, 1.807) is 7.11 Å². The molecule has 1 heterocycles. The molecule has 0 bridgehead atoms. The molecule has 4 aromatic rings. The molecule has 1 unspecified atom stereocenters. The molecule has 0 aromatic heterocycles. The minimum atomic E-state index is 0.141. The van der Waals surface area contributed by atoms with Gasteiger partial charge < -0.3 is 4.74 Å². The highest BCUT2D eigenvalue weighted by Crippen LogP contribution is 2.40. The number of anilines is 1. The van der Waals surface area contributed by atoms with Crippen LogP contribution in [0.15, 0.2) is 102 Å². The zero-order valence-electron chi connectivity index (χ0n) is 16.3. The quantitative estimate of drug-likeness (QED) is 0.422. The standard InChI is InChI=1S/C26H22N2O/c1-29-22-16-14-21(15-17-22)26-18-24(20-9-3-2-4-10-20)27-28(26)25-13-7-11-19-8-5-6-12-23(19)25/h2-17,26H,18H2,1H3. The van der Waals surface area contributed by atoms with Crippen molar-refractivity contribution in [3.63, 3.8) is 0 Å². The molecule has 5 rings (SSSR count). The molecule has 0 fully saturated rings. The van der Waals surface area contributed by atoms with Gasteiger partial charge in [0.25, 0.3) is 0 Å². The van der Waals surface area contributed by atoms with E-state index in [1.807, 2.05) is 18.2 Å². The lowest BCUT2D eigenvalue weighted by atomic mass is 9.97. The summed E-state index contributed by atoms with van der Waals surface area (Å²) < 4.78 is 5.35. The molecular formula is C26H22N2O. The van der Waals surface area contributed by atoms with Gasteiger partial charge in [0.15, 0.2) is 0 Å². The summed E-state index contributed by atoms with van der Waals surface area (Å²) in [5.74, 6) is 0.868. The fourth-order valence-corrected chi connectivity index (χ4v) is 4.03. The summed E-state index contributed by atoms with van der Waals surface area (Å²) in [4.78, 5) is 0. The van der Waals surface area contributed by atoms with Crippen molar-refractivity contribution in [1.82, 2.24) is 0 Å². The van der Waals surface area contributed by atoms with Crippen molar-refractivity contribution in [1.29, 1.82) is 0 Å². The molecule has 4 aromatic carbocycles. The Morgan fingerprint density at radius 2 is 1.52 bits per heavy atom. The van der Waals surface area contributed by atoms with Crippen molar-refractivity contribution >= 4 is 22.2 Å². The van der Waals surface area contributed by atoms with Crippen molar-refractivity contribution < 1.29 is 4.74 Å². The summed E-state index contributed by atoms with van der Waals surface area (Å²) >= 11 is 0. The van der Waals surface area contributed by atoms with Gasteiger partial charge in [0, 0.05) is 11.8 Å². The summed E-state index contributed by atoms with van der Waals surface area (Å²) in [6, 6.07) is 33.9. The van der Waals surface area contributed by atoms with Crippen LogP contribution in [-0.4, -0.2) is 12.8 Å². The van der Waals surface area contributed by atoms with Crippen molar-refractivity contribution in [3.05, 3.63) is 108 Å². The number of nitrogens with zero attached hydrogens (tertiary/aromatic N) is 2. The normalized spacial score (nSPS) is 16.1. The first kappa shape index (κ1) is 17.5. The van der Waals surface area contributed by atoms with E-state index < -0.39 is 0 Å². The van der Waals surface area contributed by atoms with Crippen molar-refractivity contribution in [2.75, 3.05) is 12.1 Å². The molecule has 3 heteroatoms. The summed E-state index contributed by atoms with van der Waals surface area (Å²) in [5.41, 5.74) is 4.65. The SMILES string of the molecule is COc1ccc(C2CC(c3ccccc3)=NN2c2cccc3ccccc23)cc1. The molecule has 0 amide bonds. The maximum atomic E-state index is 5.35. The van der Waals surface area contributed by atoms with E-state index in [0.717, 1.165) is 23.6 Å². The van der Waals surface area contributed by atoms with E-state index in [0.29, 0.717) is 0 Å². The molecule has 1 aliphatic rings. The third-order valence-corrected chi connectivity index (χ3v) is 5.53. The van der Waals surface area contributed by atoms with Crippen LogP contribution in [-0.2, 0) is 0 Å². The van der Waals surface area contributed by atoms with Gasteiger partial charge in [0.05, 0.1) is 24.6 Å². The van der Waals surface area contributed by atoms with Crippen molar-refractivity contribution in [2.45, 2.75) is 12.5 Å². The van der Waals surface area contributed by atoms with Crippen molar-refractivity contribution in [3.8, 4) is 5.75 Å². The maximum absolute atomic E-state index is 5.35. The molecular weight excluding hydrogens is 356 g/mol. The predicted molar refractivity (Wildman–Crippen MR) is 120 cm³/mol. The Bertz CT molecular complexity index is 1160. The van der Waals surface area contributed by atoms with E-state index in [9.17, 15) is 0 Å². The highest BCUT2D eigenvalue weighted by atomic mass is 16.5. The van der Waals surface area contributed by atoms with Gasteiger partial charge in [-0.15, -0.1) is 0 Å². The second kappa shape index (κ2) is 7.44. The van der Waals surface area contributed by atoms with Crippen LogP contribution in [0, 0.1) is 0 Å². The summed E-state index contributed by atoms with van der Waals surface area (Å²) in [5, 5.41) is 9.72. The van der Waals surface area contributed by atoms with E-state index in [2.05, 4.69) is 83.9 Å². The van der Waals surface area contributed by atoms with Gasteiger partial charge in [0.1, 0.15) is 5.75 Å². The first-order valence-electron chi connectivity index (χ1n) is 9.87. The number of hydrogen-bond donors (Lipinski definition) is 0. The molecule has 3 nitrogen and oxygen atoms in total. The zero-order chi connectivity index (χ0) is 19.6. The van der Waals surface area contributed by atoms with Gasteiger partial charge in [-0.25, -0.2) is 0 Å². The van der Waals surface area contributed by atoms with Gasteiger partial charge in [0.2, 0.25) is 0 Å². The van der Waals surface area contributed by atoms with Gasteiger partial charge in [-0.3, -0.25) is 5.01 Å².